The first-order valence-corrected chi connectivity index (χ1v) is 4.76. The van der Waals surface area contributed by atoms with Crippen molar-refractivity contribution in [1.29, 1.82) is 5.26 Å². The number of hydrogen-bond acceptors (Lipinski definition) is 2. The van der Waals surface area contributed by atoms with Crippen LogP contribution in [0.25, 0.3) is 0 Å². The van der Waals surface area contributed by atoms with Crippen molar-refractivity contribution in [2.75, 3.05) is 6.54 Å². The Hall–Kier alpha value is -1.25. The van der Waals surface area contributed by atoms with Crippen LogP contribution in [0.4, 0.5) is 13.2 Å². The molecule has 0 spiro atoms. The third-order valence-corrected chi connectivity index (χ3v) is 2.20. The van der Waals surface area contributed by atoms with Crippen LogP contribution in [-0.2, 0) is 0 Å². The highest BCUT2D eigenvalue weighted by Crippen LogP contribution is 2.23. The molecule has 0 aliphatic heterocycles. The molecule has 0 saturated heterocycles. The Morgan fingerprint density at radius 1 is 1.38 bits per heavy atom. The second-order valence-corrected chi connectivity index (χ2v) is 3.49. The Morgan fingerprint density at radius 3 is 2.50 bits per heavy atom. The number of nitrogens with one attached hydrogen (secondary N) is 1. The number of nitriles is 1. The Morgan fingerprint density at radius 2 is 2.00 bits per heavy atom. The predicted molar refractivity (Wildman–Crippen MR) is 53.9 cm³/mol. The van der Waals surface area contributed by atoms with Crippen molar-refractivity contribution in [3.63, 3.8) is 0 Å². The van der Waals surface area contributed by atoms with E-state index in [-0.39, 0.29) is 5.02 Å². The van der Waals surface area contributed by atoms with Crippen LogP contribution < -0.4 is 5.32 Å². The summed E-state index contributed by atoms with van der Waals surface area (Å²) in [7, 11) is 0. The molecule has 0 aliphatic carbocycles. The van der Waals surface area contributed by atoms with E-state index < -0.39 is 18.8 Å². The Balaban J connectivity index is 2.77. The van der Waals surface area contributed by atoms with Gasteiger partial charge in [0, 0.05) is 10.6 Å². The molecular weight excluding hydrogens is 241 g/mol. The summed E-state index contributed by atoms with van der Waals surface area (Å²) < 4.78 is 35.9. The normalized spacial score (nSPS) is 13.2. The summed E-state index contributed by atoms with van der Waals surface area (Å²) in [5.41, 5.74) is 0.343. The smallest absolute Gasteiger partial charge is 0.290 e. The van der Waals surface area contributed by atoms with Gasteiger partial charge in [-0.15, -0.1) is 0 Å². The third-order valence-electron chi connectivity index (χ3n) is 1.85. The molecule has 0 aromatic heterocycles. The van der Waals surface area contributed by atoms with Gasteiger partial charge in [0.05, 0.1) is 12.6 Å². The predicted octanol–water partition coefficient (Wildman–Crippen LogP) is 3.06. The fraction of sp³-hybridized carbons (Fsp3) is 0.300. The van der Waals surface area contributed by atoms with Crippen LogP contribution in [0, 0.1) is 11.3 Å². The Kier molecular flexibility index (Phi) is 4.16. The van der Waals surface area contributed by atoms with E-state index in [2.05, 4.69) is 5.32 Å². The summed E-state index contributed by atoms with van der Waals surface area (Å²) in [6, 6.07) is 6.97. The molecule has 0 aliphatic rings. The van der Waals surface area contributed by atoms with E-state index in [4.69, 9.17) is 16.9 Å². The molecule has 1 atom stereocenters. The van der Waals surface area contributed by atoms with Gasteiger partial charge >= 0.3 is 6.18 Å². The number of rotatable bonds is 3. The van der Waals surface area contributed by atoms with E-state index in [9.17, 15) is 13.2 Å². The van der Waals surface area contributed by atoms with Gasteiger partial charge in [-0.2, -0.15) is 18.4 Å². The first-order chi connectivity index (χ1) is 7.44. The van der Waals surface area contributed by atoms with E-state index in [0.29, 0.717) is 5.56 Å². The molecule has 0 saturated carbocycles. The minimum atomic E-state index is -4.35. The molecule has 1 aromatic rings. The van der Waals surface area contributed by atoms with Gasteiger partial charge in [-0.1, -0.05) is 29.8 Å². The molecule has 86 valence electrons. The van der Waals surface area contributed by atoms with Crippen LogP contribution in [0.3, 0.4) is 0 Å². The van der Waals surface area contributed by atoms with Gasteiger partial charge in [0.1, 0.15) is 6.04 Å². The van der Waals surface area contributed by atoms with Crippen molar-refractivity contribution >= 4 is 11.6 Å². The lowest BCUT2D eigenvalue weighted by Crippen LogP contribution is -2.31. The summed E-state index contributed by atoms with van der Waals surface area (Å²) in [4.78, 5) is 0. The second-order valence-electron chi connectivity index (χ2n) is 3.08. The highest BCUT2D eigenvalue weighted by molar-refractivity contribution is 6.31. The Labute approximate surface area is 95.6 Å². The van der Waals surface area contributed by atoms with Crippen molar-refractivity contribution in [3.05, 3.63) is 34.9 Å². The van der Waals surface area contributed by atoms with Gasteiger partial charge in [-0.25, -0.2) is 0 Å². The summed E-state index contributed by atoms with van der Waals surface area (Å²) >= 11 is 5.78. The van der Waals surface area contributed by atoms with Crippen molar-refractivity contribution < 1.29 is 13.2 Å². The molecular formula is C10H8ClF3N2. The zero-order chi connectivity index (χ0) is 12.2. The second kappa shape index (κ2) is 5.19. The van der Waals surface area contributed by atoms with Gasteiger partial charge in [0.25, 0.3) is 0 Å². The third kappa shape index (κ3) is 3.72. The molecule has 1 aromatic carbocycles. The van der Waals surface area contributed by atoms with Crippen molar-refractivity contribution in [1.82, 2.24) is 5.32 Å². The molecule has 0 fully saturated rings. The minimum Gasteiger partial charge on any atom is -0.290 e. The van der Waals surface area contributed by atoms with E-state index in [0.717, 1.165) is 0 Å². The molecule has 0 heterocycles. The van der Waals surface area contributed by atoms with Gasteiger partial charge in [-0.3, -0.25) is 5.32 Å². The molecule has 1 rings (SSSR count). The zero-order valence-electron chi connectivity index (χ0n) is 8.05. The average molecular weight is 249 g/mol. The van der Waals surface area contributed by atoms with E-state index in [1.807, 2.05) is 0 Å². The number of alkyl halides is 3. The summed E-state index contributed by atoms with van der Waals surface area (Å²) in [6.07, 6.45) is -4.35. The maximum atomic E-state index is 12.0. The molecule has 1 unspecified atom stereocenters. The number of hydrogen-bond donors (Lipinski definition) is 1. The topological polar surface area (TPSA) is 35.8 Å². The number of nitrogens with zero attached hydrogens (tertiary/aromatic N) is 1. The molecule has 0 radical (unpaired) electrons. The SMILES string of the molecule is N#CC(NCC(F)(F)F)c1ccccc1Cl. The maximum absolute atomic E-state index is 12.0. The summed E-state index contributed by atoms with van der Waals surface area (Å²) in [5, 5.41) is 11.1. The molecule has 16 heavy (non-hydrogen) atoms. The zero-order valence-corrected chi connectivity index (χ0v) is 8.81. The lowest BCUT2D eigenvalue weighted by atomic mass is 10.1. The maximum Gasteiger partial charge on any atom is 0.401 e. The lowest BCUT2D eigenvalue weighted by Gasteiger charge is -2.14. The summed E-state index contributed by atoms with van der Waals surface area (Å²) in [6.45, 7) is -1.23. The van der Waals surface area contributed by atoms with Gasteiger partial charge < -0.3 is 0 Å². The Bertz CT molecular complexity index is 398. The van der Waals surface area contributed by atoms with Crippen LogP contribution >= 0.6 is 11.6 Å². The van der Waals surface area contributed by atoms with Crippen LogP contribution in [0.5, 0.6) is 0 Å². The largest absolute Gasteiger partial charge is 0.401 e. The molecule has 2 nitrogen and oxygen atoms in total. The van der Waals surface area contributed by atoms with Crippen molar-refractivity contribution in [2.45, 2.75) is 12.2 Å². The molecule has 1 N–H and O–H groups in total. The van der Waals surface area contributed by atoms with Gasteiger partial charge in [0.2, 0.25) is 0 Å². The van der Waals surface area contributed by atoms with E-state index in [1.54, 1.807) is 18.2 Å². The highest BCUT2D eigenvalue weighted by atomic mass is 35.5. The standard InChI is InChI=1S/C10H8ClF3N2/c11-8-4-2-1-3-7(8)9(5-15)16-6-10(12,13)14/h1-4,9,16H,6H2. The molecule has 0 amide bonds. The van der Waals surface area contributed by atoms with Crippen molar-refractivity contribution in [3.8, 4) is 6.07 Å². The van der Waals surface area contributed by atoms with E-state index >= 15 is 0 Å². The van der Waals surface area contributed by atoms with Gasteiger partial charge in [-0.05, 0) is 6.07 Å². The first kappa shape index (κ1) is 12.8. The molecule has 0 bridgehead atoms. The fourth-order valence-corrected chi connectivity index (χ4v) is 1.40. The van der Waals surface area contributed by atoms with Crippen molar-refractivity contribution in [2.24, 2.45) is 0 Å². The van der Waals surface area contributed by atoms with Crippen LogP contribution in [0.15, 0.2) is 24.3 Å². The number of benzene rings is 1. The minimum absolute atomic E-state index is 0.267. The van der Waals surface area contributed by atoms with E-state index in [1.165, 1.54) is 12.1 Å². The first-order valence-electron chi connectivity index (χ1n) is 4.38. The molecule has 6 heteroatoms. The van der Waals surface area contributed by atoms with Crippen LogP contribution in [0.1, 0.15) is 11.6 Å². The number of halogens is 4. The highest BCUT2D eigenvalue weighted by Gasteiger charge is 2.28. The van der Waals surface area contributed by atoms with Crippen LogP contribution in [-0.4, -0.2) is 12.7 Å². The van der Waals surface area contributed by atoms with Gasteiger partial charge in [0.15, 0.2) is 0 Å². The van der Waals surface area contributed by atoms with Crippen LogP contribution in [0.2, 0.25) is 5.02 Å². The monoisotopic (exact) mass is 248 g/mol. The summed E-state index contributed by atoms with van der Waals surface area (Å²) in [5.74, 6) is 0. The lowest BCUT2D eigenvalue weighted by molar-refractivity contribution is -0.125. The fourth-order valence-electron chi connectivity index (χ4n) is 1.15. The average Bonchev–Trinajstić information content (AvgIpc) is 2.20. The quantitative estimate of drug-likeness (QED) is 0.892.